The molecule has 7 atom stereocenters. The van der Waals surface area contributed by atoms with E-state index in [1.807, 2.05) is 37.3 Å². The van der Waals surface area contributed by atoms with E-state index in [0.29, 0.717) is 17.9 Å². The van der Waals surface area contributed by atoms with E-state index in [9.17, 15) is 29.0 Å². The average molecular weight is 721 g/mol. The third-order valence-electron chi connectivity index (χ3n) is 9.87. The van der Waals surface area contributed by atoms with Crippen LogP contribution in [0.25, 0.3) is 11.1 Å². The Hall–Kier alpha value is -4.55. The summed E-state index contributed by atoms with van der Waals surface area (Å²) in [7, 11) is 2.75. The highest BCUT2D eigenvalue weighted by Gasteiger charge is 2.37. The number of amides is 3. The standard InChI is InChI=1S/C40H53FN4O7/c1-24-10-9-13-32(46)35(24)44-37(48)29(21-27-11-7-8-12-30(27)41)22-33(47)31(43-38(49)36(40(2,3)4)45-39(50)52-6)20-25-14-16-26(17-15-25)28-18-19-34(51-5)42-23-28/h7-8,11-12,14-19,23-24,29,31-33,35-36,46-47H,9-10,13,20-22H2,1-6H3,(H,43,49)(H,44,48)(H,45,50)/t24-,29-,31+,32-,33+,35-,36-/m1/s1. The predicted molar refractivity (Wildman–Crippen MR) is 196 cm³/mol. The van der Waals surface area contributed by atoms with Crippen molar-refractivity contribution in [3.8, 4) is 17.0 Å². The van der Waals surface area contributed by atoms with E-state index in [1.165, 1.54) is 13.2 Å². The van der Waals surface area contributed by atoms with Gasteiger partial charge in [-0.1, -0.05) is 76.6 Å². The highest BCUT2D eigenvalue weighted by atomic mass is 19.1. The minimum absolute atomic E-state index is 0.00741. The monoisotopic (exact) mass is 720 g/mol. The maximum atomic E-state index is 14.9. The van der Waals surface area contributed by atoms with Gasteiger partial charge in [0.25, 0.3) is 0 Å². The van der Waals surface area contributed by atoms with Crippen molar-refractivity contribution >= 4 is 17.9 Å². The first kappa shape index (κ1) is 40.2. The molecule has 0 spiro atoms. The number of alkyl carbamates (subject to hydrolysis) is 1. The van der Waals surface area contributed by atoms with E-state index in [1.54, 1.807) is 58.3 Å². The van der Waals surface area contributed by atoms with E-state index < -0.39 is 65.4 Å². The van der Waals surface area contributed by atoms with Gasteiger partial charge >= 0.3 is 6.09 Å². The lowest BCUT2D eigenvalue weighted by molar-refractivity contribution is -0.129. The van der Waals surface area contributed by atoms with Gasteiger partial charge in [0.2, 0.25) is 17.7 Å². The fourth-order valence-electron chi connectivity index (χ4n) is 6.74. The van der Waals surface area contributed by atoms with Crippen molar-refractivity contribution in [3.05, 3.63) is 83.8 Å². The molecule has 282 valence electrons. The van der Waals surface area contributed by atoms with Gasteiger partial charge in [0.1, 0.15) is 11.9 Å². The highest BCUT2D eigenvalue weighted by molar-refractivity contribution is 5.86. The molecule has 5 N–H and O–H groups in total. The van der Waals surface area contributed by atoms with Crippen LogP contribution in [0, 0.1) is 23.1 Å². The number of rotatable bonds is 14. The molecule has 3 aromatic rings. The first-order valence-electron chi connectivity index (χ1n) is 17.8. The van der Waals surface area contributed by atoms with Crippen molar-refractivity contribution in [3.63, 3.8) is 0 Å². The number of pyridine rings is 1. The number of hydrogen-bond acceptors (Lipinski definition) is 8. The van der Waals surface area contributed by atoms with Crippen molar-refractivity contribution in [1.82, 2.24) is 20.9 Å². The van der Waals surface area contributed by atoms with Gasteiger partial charge in [0.05, 0.1) is 38.5 Å². The van der Waals surface area contributed by atoms with Gasteiger partial charge < -0.3 is 35.6 Å². The van der Waals surface area contributed by atoms with Gasteiger partial charge in [-0.15, -0.1) is 0 Å². The molecule has 0 unspecified atom stereocenters. The molecular weight excluding hydrogens is 667 g/mol. The number of aliphatic hydroxyl groups is 2. The van der Waals surface area contributed by atoms with E-state index in [2.05, 4.69) is 20.9 Å². The molecule has 1 aliphatic rings. The molecule has 0 bridgehead atoms. The Morgan fingerprint density at radius 1 is 0.942 bits per heavy atom. The van der Waals surface area contributed by atoms with Crippen LogP contribution in [-0.2, 0) is 27.2 Å². The molecule has 1 aliphatic carbocycles. The van der Waals surface area contributed by atoms with Gasteiger partial charge in [0, 0.05) is 23.7 Å². The second-order valence-corrected chi connectivity index (χ2v) is 14.8. The molecule has 1 heterocycles. The van der Waals surface area contributed by atoms with Crippen molar-refractivity contribution in [2.45, 2.75) is 96.6 Å². The molecule has 52 heavy (non-hydrogen) atoms. The number of ether oxygens (including phenoxy) is 2. The number of carbonyl (C=O) groups excluding carboxylic acids is 3. The number of benzene rings is 2. The van der Waals surface area contributed by atoms with Gasteiger partial charge in [-0.25, -0.2) is 14.2 Å². The average Bonchev–Trinajstić information content (AvgIpc) is 3.12. The van der Waals surface area contributed by atoms with Gasteiger partial charge in [0.15, 0.2) is 0 Å². The molecule has 12 heteroatoms. The number of hydrogen-bond donors (Lipinski definition) is 5. The maximum Gasteiger partial charge on any atom is 0.407 e. The highest BCUT2D eigenvalue weighted by Crippen LogP contribution is 2.28. The number of halogens is 1. The number of aromatic nitrogens is 1. The number of aliphatic hydroxyl groups excluding tert-OH is 2. The number of nitrogens with one attached hydrogen (secondary N) is 3. The molecule has 3 amide bonds. The summed E-state index contributed by atoms with van der Waals surface area (Å²) < 4.78 is 24.9. The second kappa shape index (κ2) is 18.3. The molecule has 4 rings (SSSR count). The second-order valence-electron chi connectivity index (χ2n) is 14.8. The van der Waals surface area contributed by atoms with E-state index in [-0.39, 0.29) is 25.2 Å². The van der Waals surface area contributed by atoms with Gasteiger partial charge in [-0.05, 0) is 72.3 Å². The first-order valence-corrected chi connectivity index (χ1v) is 17.8. The number of methoxy groups -OCH3 is 2. The molecule has 0 radical (unpaired) electrons. The lowest BCUT2D eigenvalue weighted by Gasteiger charge is -2.36. The molecule has 0 saturated heterocycles. The summed E-state index contributed by atoms with van der Waals surface area (Å²) in [4.78, 5) is 44.3. The van der Waals surface area contributed by atoms with Crippen molar-refractivity contribution in [1.29, 1.82) is 0 Å². The molecular formula is C40H53FN4O7. The quantitative estimate of drug-likeness (QED) is 0.156. The summed E-state index contributed by atoms with van der Waals surface area (Å²) in [6.07, 6.45) is 1.24. The van der Waals surface area contributed by atoms with Crippen LogP contribution >= 0.6 is 0 Å². The Balaban J connectivity index is 1.64. The largest absolute Gasteiger partial charge is 0.481 e. The Morgan fingerprint density at radius 3 is 2.23 bits per heavy atom. The van der Waals surface area contributed by atoms with Crippen LogP contribution in [0.4, 0.5) is 9.18 Å². The van der Waals surface area contributed by atoms with Crippen LogP contribution in [0.1, 0.15) is 64.5 Å². The van der Waals surface area contributed by atoms with Crippen molar-refractivity contribution in [2.75, 3.05) is 14.2 Å². The third kappa shape index (κ3) is 11.0. The van der Waals surface area contributed by atoms with Crippen LogP contribution in [0.15, 0.2) is 66.9 Å². The SMILES string of the molecule is COC(=O)N[C@H](C(=O)N[C@@H](Cc1ccc(-c2ccc(OC)nc2)cc1)[C@@H](O)C[C@@H](Cc1ccccc1F)C(=O)N[C@@H]1[C@H](C)CCC[C@H]1O)C(C)(C)C. The van der Waals surface area contributed by atoms with Crippen LogP contribution in [0.5, 0.6) is 5.88 Å². The smallest absolute Gasteiger partial charge is 0.407 e. The van der Waals surface area contributed by atoms with Gasteiger partial charge in [-0.3, -0.25) is 9.59 Å². The Bertz CT molecular complexity index is 1620. The maximum absolute atomic E-state index is 14.9. The van der Waals surface area contributed by atoms with E-state index >= 15 is 0 Å². The molecule has 2 aromatic carbocycles. The fourth-order valence-corrected chi connectivity index (χ4v) is 6.74. The van der Waals surface area contributed by atoms with Crippen LogP contribution in [0.3, 0.4) is 0 Å². The molecule has 0 aliphatic heterocycles. The van der Waals surface area contributed by atoms with E-state index in [0.717, 1.165) is 29.5 Å². The number of nitrogens with zero attached hydrogens (tertiary/aromatic N) is 1. The molecule has 1 aromatic heterocycles. The molecule has 1 fully saturated rings. The van der Waals surface area contributed by atoms with Crippen LogP contribution in [-0.4, -0.2) is 77.7 Å². The Labute approximate surface area is 305 Å². The fraction of sp³-hybridized carbons (Fsp3) is 0.500. The molecule has 1 saturated carbocycles. The zero-order valence-corrected chi connectivity index (χ0v) is 30.9. The lowest BCUT2D eigenvalue weighted by Crippen LogP contribution is -2.58. The van der Waals surface area contributed by atoms with Crippen LogP contribution in [0.2, 0.25) is 0 Å². The van der Waals surface area contributed by atoms with E-state index in [4.69, 9.17) is 9.47 Å². The predicted octanol–water partition coefficient (Wildman–Crippen LogP) is 4.97. The van der Waals surface area contributed by atoms with Crippen molar-refractivity contribution < 1.29 is 38.5 Å². The summed E-state index contributed by atoms with van der Waals surface area (Å²) in [5, 5.41) is 31.2. The van der Waals surface area contributed by atoms with Crippen LogP contribution < -0.4 is 20.7 Å². The summed E-state index contributed by atoms with van der Waals surface area (Å²) in [5.41, 5.74) is 2.14. The summed E-state index contributed by atoms with van der Waals surface area (Å²) >= 11 is 0. The summed E-state index contributed by atoms with van der Waals surface area (Å²) in [6, 6.07) is 15.0. The zero-order valence-electron chi connectivity index (χ0n) is 30.9. The minimum atomic E-state index is -1.27. The normalized spacial score (nSPS) is 19.8. The minimum Gasteiger partial charge on any atom is -0.481 e. The van der Waals surface area contributed by atoms with Gasteiger partial charge in [-0.2, -0.15) is 0 Å². The summed E-state index contributed by atoms with van der Waals surface area (Å²) in [6.45, 7) is 7.35. The zero-order chi connectivity index (χ0) is 38.0. The topological polar surface area (TPSA) is 159 Å². The third-order valence-corrected chi connectivity index (χ3v) is 9.87. The summed E-state index contributed by atoms with van der Waals surface area (Å²) in [5.74, 6) is -1.80. The molecule has 11 nitrogen and oxygen atoms in total. The Kier molecular flexibility index (Phi) is 14.1. The number of carbonyl (C=O) groups is 3. The van der Waals surface area contributed by atoms with Crippen molar-refractivity contribution in [2.24, 2.45) is 17.3 Å². The lowest BCUT2D eigenvalue weighted by atomic mass is 9.82. The first-order chi connectivity index (χ1) is 24.7. The Morgan fingerprint density at radius 2 is 1.63 bits per heavy atom.